The number of aliphatic carboxylic acids is 1. The third kappa shape index (κ3) is 20.8. The Kier molecular flexibility index (Phi) is 18.3. The fourth-order valence-corrected chi connectivity index (χ4v) is 3.00. The maximum Gasteiger partial charge on any atom is 0.310 e. The largest absolute Gasteiger partial charge is 0.481 e. The molecule has 1 N–H and O–H groups in total. The summed E-state index contributed by atoms with van der Waals surface area (Å²) < 4.78 is 0. The van der Waals surface area contributed by atoms with Gasteiger partial charge in [-0.2, -0.15) is 0 Å². The molecule has 0 bridgehead atoms. The molecule has 0 aromatic carbocycles. The average molecular weight is 353 g/mol. The van der Waals surface area contributed by atoms with Crippen LogP contribution in [0.2, 0.25) is 0 Å². The zero-order valence-electron chi connectivity index (χ0n) is 16.4. The van der Waals surface area contributed by atoms with E-state index in [-0.39, 0.29) is 12.2 Å². The minimum atomic E-state index is -1.01. The Hall–Kier alpha value is -1.12. The van der Waals surface area contributed by atoms with Crippen LogP contribution in [0.5, 0.6) is 0 Å². The van der Waals surface area contributed by atoms with Crippen LogP contribution in [0.1, 0.15) is 116 Å². The number of Topliss-reactive ketones (excluding diaryl/α,β-unsaturated/α-hetero) is 1. The number of carboxylic acid groups (broad SMARTS) is 1. The highest BCUT2D eigenvalue weighted by atomic mass is 16.4. The van der Waals surface area contributed by atoms with Gasteiger partial charge in [-0.1, -0.05) is 83.3 Å². The van der Waals surface area contributed by atoms with E-state index in [0.29, 0.717) is 6.42 Å². The highest BCUT2D eigenvalue weighted by Crippen LogP contribution is 2.11. The van der Waals surface area contributed by atoms with E-state index in [9.17, 15) is 9.59 Å². The first-order chi connectivity index (χ1) is 12.2. The summed E-state index contributed by atoms with van der Waals surface area (Å²) >= 11 is 0. The number of hydrogen-bond acceptors (Lipinski definition) is 2. The van der Waals surface area contributed by atoms with Crippen molar-refractivity contribution >= 4 is 11.8 Å². The third-order valence-corrected chi connectivity index (χ3v) is 4.57. The molecule has 0 aromatic heterocycles. The molecule has 0 heterocycles. The Balaban J connectivity index is 3.17. The van der Waals surface area contributed by atoms with Gasteiger partial charge in [0, 0.05) is 6.42 Å². The lowest BCUT2D eigenvalue weighted by Gasteiger charge is -2.01. The second-order valence-electron chi connectivity index (χ2n) is 7.15. The summed E-state index contributed by atoms with van der Waals surface area (Å²) in [6.45, 7) is 2.26. The molecule has 0 saturated carbocycles. The molecular formula is C22H40O3. The fraction of sp³-hybridized carbons (Fsp3) is 0.818. The Bertz CT molecular complexity index is 347. The lowest BCUT2D eigenvalue weighted by Crippen LogP contribution is -2.05. The van der Waals surface area contributed by atoms with Crippen molar-refractivity contribution in [1.82, 2.24) is 0 Å². The van der Waals surface area contributed by atoms with Crippen molar-refractivity contribution in [2.75, 3.05) is 0 Å². The number of carboxylic acids is 1. The van der Waals surface area contributed by atoms with Gasteiger partial charge in [0.1, 0.15) is 12.2 Å². The summed E-state index contributed by atoms with van der Waals surface area (Å²) in [6.07, 6.45) is 23.6. The number of hydrogen-bond donors (Lipinski definition) is 1. The topological polar surface area (TPSA) is 54.4 Å². The van der Waals surface area contributed by atoms with Gasteiger partial charge in [-0.25, -0.2) is 0 Å². The monoisotopic (exact) mass is 352 g/mol. The van der Waals surface area contributed by atoms with Crippen molar-refractivity contribution in [3.8, 4) is 0 Å². The lowest BCUT2D eigenvalue weighted by molar-refractivity contribution is -0.140. The molecule has 0 spiro atoms. The summed E-state index contributed by atoms with van der Waals surface area (Å²) in [7, 11) is 0. The summed E-state index contributed by atoms with van der Waals surface area (Å²) in [4.78, 5) is 21.6. The van der Waals surface area contributed by atoms with Crippen LogP contribution >= 0.6 is 0 Å². The summed E-state index contributed by atoms with van der Waals surface area (Å²) in [6, 6.07) is 0. The predicted molar refractivity (Wildman–Crippen MR) is 106 cm³/mol. The number of allylic oxidation sites excluding steroid dienone is 2. The van der Waals surface area contributed by atoms with Gasteiger partial charge < -0.3 is 5.11 Å². The standard InChI is InChI=1S/C22H40O3/c1-2-3-4-5-6-7-8-9-10-11-12-13-14-15-16-17-18-19-21(23)20-22(24)25/h9-10H,2-8,11-20H2,1H3,(H,24,25)/b10-9-. The van der Waals surface area contributed by atoms with Gasteiger partial charge in [0.2, 0.25) is 0 Å². The van der Waals surface area contributed by atoms with Gasteiger partial charge in [0.25, 0.3) is 0 Å². The Morgan fingerprint density at radius 2 is 1.12 bits per heavy atom. The Morgan fingerprint density at radius 1 is 0.680 bits per heavy atom. The maximum absolute atomic E-state index is 11.2. The van der Waals surface area contributed by atoms with Gasteiger partial charge in [-0.15, -0.1) is 0 Å². The quantitative estimate of drug-likeness (QED) is 0.157. The van der Waals surface area contributed by atoms with Crippen LogP contribution < -0.4 is 0 Å². The van der Waals surface area contributed by atoms with Crippen LogP contribution in [0.4, 0.5) is 0 Å². The second-order valence-corrected chi connectivity index (χ2v) is 7.15. The summed E-state index contributed by atoms with van der Waals surface area (Å²) in [5.41, 5.74) is 0. The molecule has 146 valence electrons. The van der Waals surface area contributed by atoms with E-state index < -0.39 is 5.97 Å². The highest BCUT2D eigenvalue weighted by molar-refractivity contribution is 5.94. The molecule has 0 aliphatic heterocycles. The first-order valence-corrected chi connectivity index (χ1v) is 10.5. The van der Waals surface area contributed by atoms with Crippen molar-refractivity contribution < 1.29 is 14.7 Å². The Morgan fingerprint density at radius 3 is 1.60 bits per heavy atom. The van der Waals surface area contributed by atoms with Crippen molar-refractivity contribution in [2.45, 2.75) is 116 Å². The number of unbranched alkanes of at least 4 members (excludes halogenated alkanes) is 13. The van der Waals surface area contributed by atoms with Crippen LogP contribution in [0.25, 0.3) is 0 Å². The minimum absolute atomic E-state index is 0.139. The van der Waals surface area contributed by atoms with Crippen LogP contribution in [-0.2, 0) is 9.59 Å². The fourth-order valence-electron chi connectivity index (χ4n) is 3.00. The van der Waals surface area contributed by atoms with E-state index in [2.05, 4.69) is 19.1 Å². The molecule has 0 unspecified atom stereocenters. The number of ketones is 1. The van der Waals surface area contributed by atoms with Gasteiger partial charge >= 0.3 is 5.97 Å². The zero-order chi connectivity index (χ0) is 18.6. The normalized spacial score (nSPS) is 11.2. The van der Waals surface area contributed by atoms with Crippen LogP contribution in [0.15, 0.2) is 12.2 Å². The highest BCUT2D eigenvalue weighted by Gasteiger charge is 2.06. The van der Waals surface area contributed by atoms with Gasteiger partial charge in [-0.05, 0) is 32.1 Å². The van der Waals surface area contributed by atoms with E-state index in [4.69, 9.17) is 5.11 Å². The number of rotatable bonds is 19. The summed E-state index contributed by atoms with van der Waals surface area (Å²) in [5, 5.41) is 8.50. The molecule has 0 aliphatic carbocycles. The predicted octanol–water partition coefficient (Wildman–Crippen LogP) is 6.85. The van der Waals surface area contributed by atoms with E-state index >= 15 is 0 Å². The molecule has 0 aliphatic rings. The van der Waals surface area contributed by atoms with Crippen molar-refractivity contribution in [2.24, 2.45) is 0 Å². The van der Waals surface area contributed by atoms with E-state index in [0.717, 1.165) is 19.3 Å². The molecular weight excluding hydrogens is 312 g/mol. The molecule has 0 amide bonds. The smallest absolute Gasteiger partial charge is 0.310 e. The number of carbonyl (C=O) groups excluding carboxylic acids is 1. The van der Waals surface area contributed by atoms with Crippen molar-refractivity contribution in [3.05, 3.63) is 12.2 Å². The van der Waals surface area contributed by atoms with Crippen LogP contribution in [0, 0.1) is 0 Å². The van der Waals surface area contributed by atoms with Gasteiger partial charge in [0.05, 0.1) is 0 Å². The summed E-state index contributed by atoms with van der Waals surface area (Å²) in [5.74, 6) is -1.15. The van der Waals surface area contributed by atoms with E-state index in [1.54, 1.807) is 0 Å². The molecule has 0 atom stereocenters. The minimum Gasteiger partial charge on any atom is -0.481 e. The number of carbonyl (C=O) groups is 2. The lowest BCUT2D eigenvalue weighted by atomic mass is 10.0. The maximum atomic E-state index is 11.2. The Labute approximate surface area is 155 Å². The van der Waals surface area contributed by atoms with Gasteiger partial charge in [-0.3, -0.25) is 9.59 Å². The molecule has 0 radical (unpaired) electrons. The van der Waals surface area contributed by atoms with E-state index in [1.165, 1.54) is 77.0 Å². The zero-order valence-corrected chi connectivity index (χ0v) is 16.4. The average Bonchev–Trinajstić information content (AvgIpc) is 2.57. The van der Waals surface area contributed by atoms with Crippen LogP contribution in [-0.4, -0.2) is 16.9 Å². The van der Waals surface area contributed by atoms with E-state index in [1.807, 2.05) is 0 Å². The first kappa shape index (κ1) is 23.9. The van der Waals surface area contributed by atoms with Crippen molar-refractivity contribution in [1.29, 1.82) is 0 Å². The second kappa shape index (κ2) is 19.2. The molecule has 0 rings (SSSR count). The third-order valence-electron chi connectivity index (χ3n) is 4.57. The van der Waals surface area contributed by atoms with Gasteiger partial charge in [0.15, 0.2) is 0 Å². The molecule has 3 nitrogen and oxygen atoms in total. The SMILES string of the molecule is CCCCCCCC/C=C\CCCCCCCCCC(=O)CC(=O)O. The molecule has 0 aromatic rings. The molecule has 0 saturated heterocycles. The molecule has 25 heavy (non-hydrogen) atoms. The van der Waals surface area contributed by atoms with Crippen LogP contribution in [0.3, 0.4) is 0 Å². The molecule has 3 heteroatoms. The first-order valence-electron chi connectivity index (χ1n) is 10.5. The molecule has 0 fully saturated rings. The van der Waals surface area contributed by atoms with Crippen molar-refractivity contribution in [3.63, 3.8) is 0 Å².